The van der Waals surface area contributed by atoms with Gasteiger partial charge in [0.15, 0.2) is 6.61 Å². The molecule has 1 N–H and O–H groups in total. The number of carbonyl (C=O) groups excluding carboxylic acids is 2. The van der Waals surface area contributed by atoms with Gasteiger partial charge in [0.25, 0.3) is 5.91 Å². The second-order valence-corrected chi connectivity index (χ2v) is 8.13. The van der Waals surface area contributed by atoms with Crippen molar-refractivity contribution in [3.8, 4) is 22.6 Å². The molecule has 8 heteroatoms. The molecule has 0 saturated carbocycles. The van der Waals surface area contributed by atoms with Gasteiger partial charge in [0, 0.05) is 17.0 Å². The molecule has 0 unspecified atom stereocenters. The smallest absolute Gasteiger partial charge is 0.336 e. The lowest BCUT2D eigenvalue weighted by Gasteiger charge is -2.21. The number of carbonyl (C=O) groups is 2. The highest BCUT2D eigenvalue weighted by Crippen LogP contribution is 2.33. The third-order valence-electron chi connectivity index (χ3n) is 5.20. The first-order chi connectivity index (χ1) is 15.7. The van der Waals surface area contributed by atoms with Crippen LogP contribution in [0.4, 0.5) is 0 Å². The molecule has 1 amide bonds. The first kappa shape index (κ1) is 23.8. The Kier molecular flexibility index (Phi) is 7.37. The average Bonchev–Trinajstić information content (AvgIpc) is 2.77. The van der Waals surface area contributed by atoms with Crippen molar-refractivity contribution in [3.05, 3.63) is 58.4 Å². The van der Waals surface area contributed by atoms with E-state index in [0.717, 1.165) is 5.56 Å². The lowest BCUT2D eigenvalue weighted by Crippen LogP contribution is -2.49. The van der Waals surface area contributed by atoms with E-state index in [2.05, 4.69) is 5.32 Å². The third kappa shape index (κ3) is 5.71. The van der Waals surface area contributed by atoms with Gasteiger partial charge in [0.1, 0.15) is 17.1 Å². The van der Waals surface area contributed by atoms with Crippen molar-refractivity contribution < 1.29 is 28.6 Å². The molecule has 0 radical (unpaired) electrons. The summed E-state index contributed by atoms with van der Waals surface area (Å²) in [4.78, 5) is 35.7. The van der Waals surface area contributed by atoms with Crippen LogP contribution >= 0.6 is 0 Å². The number of hydrogen-bond acceptors (Lipinski definition) is 7. The van der Waals surface area contributed by atoms with Crippen LogP contribution in [-0.4, -0.2) is 31.6 Å². The number of hydrogen-bond donors (Lipinski definition) is 1. The number of rotatable bonds is 9. The summed E-state index contributed by atoms with van der Waals surface area (Å²) in [7, 11) is 1.58. The van der Waals surface area contributed by atoms with Gasteiger partial charge in [0.05, 0.1) is 19.1 Å². The number of benzene rings is 2. The van der Waals surface area contributed by atoms with Crippen LogP contribution in [0.2, 0.25) is 0 Å². The molecule has 0 aliphatic heterocycles. The predicted octanol–water partition coefficient (Wildman–Crippen LogP) is 2.44. The van der Waals surface area contributed by atoms with Crippen molar-refractivity contribution in [2.75, 3.05) is 13.7 Å². The standard InChI is InChI=1S/C25H27NO7/c1-14(2)11-20(25(29)30)26-22(27)13-32-21-10-9-18-19(12-23(28)33-24(18)15(21)3)16-5-7-17(31-4)8-6-16/h5-10,12,14,20H,11,13H2,1-4H3,(H,26,27)(H,29,30)/p-1/t20-/m0/s1. The molecule has 8 nitrogen and oxygen atoms in total. The summed E-state index contributed by atoms with van der Waals surface area (Å²) in [6, 6.07) is 11.1. The Morgan fingerprint density at radius 1 is 1.12 bits per heavy atom. The Balaban J connectivity index is 1.84. The summed E-state index contributed by atoms with van der Waals surface area (Å²) in [6.45, 7) is 5.03. The minimum Gasteiger partial charge on any atom is -0.548 e. The highest BCUT2D eigenvalue weighted by Gasteiger charge is 2.17. The zero-order chi connectivity index (χ0) is 24.1. The van der Waals surface area contributed by atoms with Gasteiger partial charge >= 0.3 is 5.63 Å². The van der Waals surface area contributed by atoms with Gasteiger partial charge in [-0.1, -0.05) is 26.0 Å². The van der Waals surface area contributed by atoms with E-state index in [9.17, 15) is 19.5 Å². The van der Waals surface area contributed by atoms with E-state index in [-0.39, 0.29) is 12.3 Å². The van der Waals surface area contributed by atoms with E-state index in [4.69, 9.17) is 13.9 Å². The number of carboxylic acid groups (broad SMARTS) is 1. The molecule has 2 aromatic carbocycles. The highest BCUT2D eigenvalue weighted by atomic mass is 16.5. The maximum Gasteiger partial charge on any atom is 0.336 e. The number of ether oxygens (including phenoxy) is 2. The lowest BCUT2D eigenvalue weighted by molar-refractivity contribution is -0.308. The second kappa shape index (κ2) is 10.2. The normalized spacial score (nSPS) is 11.9. The van der Waals surface area contributed by atoms with Gasteiger partial charge in [-0.15, -0.1) is 0 Å². The molecule has 1 atom stereocenters. The van der Waals surface area contributed by atoms with E-state index in [1.807, 2.05) is 26.0 Å². The molecule has 0 spiro atoms. The number of fused-ring (bicyclic) bond motifs is 1. The van der Waals surface area contributed by atoms with Crippen molar-refractivity contribution in [1.29, 1.82) is 0 Å². The number of methoxy groups -OCH3 is 1. The zero-order valence-electron chi connectivity index (χ0n) is 19.0. The monoisotopic (exact) mass is 452 g/mol. The minimum atomic E-state index is -1.34. The Bertz CT molecular complexity index is 1210. The number of aliphatic carboxylic acids is 1. The van der Waals surface area contributed by atoms with Crippen LogP contribution in [0.25, 0.3) is 22.1 Å². The van der Waals surface area contributed by atoms with Crippen LogP contribution in [0, 0.1) is 12.8 Å². The van der Waals surface area contributed by atoms with E-state index in [0.29, 0.717) is 33.6 Å². The van der Waals surface area contributed by atoms with Crippen LogP contribution in [0.3, 0.4) is 0 Å². The number of carboxylic acids is 1. The number of aryl methyl sites for hydroxylation is 1. The van der Waals surface area contributed by atoms with Gasteiger partial charge in [-0.3, -0.25) is 4.79 Å². The Morgan fingerprint density at radius 3 is 2.42 bits per heavy atom. The van der Waals surface area contributed by atoms with Gasteiger partial charge in [-0.05, 0) is 54.7 Å². The molecule has 3 rings (SSSR count). The molecular weight excluding hydrogens is 426 g/mol. The van der Waals surface area contributed by atoms with Crippen molar-refractivity contribution in [2.24, 2.45) is 5.92 Å². The third-order valence-corrected chi connectivity index (χ3v) is 5.20. The fourth-order valence-corrected chi connectivity index (χ4v) is 3.57. The minimum absolute atomic E-state index is 0.0691. The van der Waals surface area contributed by atoms with Crippen LogP contribution in [0.1, 0.15) is 25.8 Å². The number of nitrogens with one attached hydrogen (secondary N) is 1. The Labute approximate surface area is 191 Å². The van der Waals surface area contributed by atoms with Crippen molar-refractivity contribution in [2.45, 2.75) is 33.2 Å². The second-order valence-electron chi connectivity index (χ2n) is 8.13. The molecule has 0 bridgehead atoms. The maximum atomic E-state index is 12.2. The van der Waals surface area contributed by atoms with Gasteiger partial charge in [-0.2, -0.15) is 0 Å². The van der Waals surface area contributed by atoms with Crippen molar-refractivity contribution in [3.63, 3.8) is 0 Å². The zero-order valence-corrected chi connectivity index (χ0v) is 19.0. The Hall–Kier alpha value is -3.81. The van der Waals surface area contributed by atoms with E-state index in [1.165, 1.54) is 6.07 Å². The van der Waals surface area contributed by atoms with Gasteiger partial charge in [0.2, 0.25) is 0 Å². The Morgan fingerprint density at radius 2 is 1.82 bits per heavy atom. The van der Waals surface area contributed by atoms with Crippen LogP contribution in [0.5, 0.6) is 11.5 Å². The molecule has 1 heterocycles. The fraction of sp³-hybridized carbons (Fsp3) is 0.320. The van der Waals surface area contributed by atoms with Gasteiger partial charge in [-0.25, -0.2) is 4.79 Å². The molecule has 33 heavy (non-hydrogen) atoms. The molecule has 0 saturated heterocycles. The summed E-state index contributed by atoms with van der Waals surface area (Å²) in [5, 5.41) is 14.4. The summed E-state index contributed by atoms with van der Waals surface area (Å²) < 4.78 is 16.2. The molecule has 3 aromatic rings. The van der Waals surface area contributed by atoms with Gasteiger partial charge < -0.3 is 29.1 Å². The molecule has 0 aliphatic carbocycles. The van der Waals surface area contributed by atoms with Crippen LogP contribution < -0.4 is 25.5 Å². The average molecular weight is 452 g/mol. The first-order valence-corrected chi connectivity index (χ1v) is 10.5. The van der Waals surface area contributed by atoms with Crippen molar-refractivity contribution in [1.82, 2.24) is 5.32 Å². The highest BCUT2D eigenvalue weighted by molar-refractivity contribution is 5.95. The topological polar surface area (TPSA) is 118 Å². The van der Waals surface area contributed by atoms with Crippen molar-refractivity contribution >= 4 is 22.8 Å². The summed E-state index contributed by atoms with van der Waals surface area (Å²) >= 11 is 0. The van der Waals surface area contributed by atoms with E-state index >= 15 is 0 Å². The number of amides is 1. The molecular formula is C25H26NO7-. The first-order valence-electron chi connectivity index (χ1n) is 10.5. The van der Waals surface area contributed by atoms with E-state index in [1.54, 1.807) is 38.3 Å². The molecule has 1 aromatic heterocycles. The largest absolute Gasteiger partial charge is 0.548 e. The molecule has 0 fully saturated rings. The van der Waals surface area contributed by atoms with E-state index < -0.39 is 30.2 Å². The molecule has 174 valence electrons. The lowest BCUT2D eigenvalue weighted by atomic mass is 10.00. The maximum absolute atomic E-state index is 12.2. The predicted molar refractivity (Wildman–Crippen MR) is 121 cm³/mol. The SMILES string of the molecule is COc1ccc(-c2cc(=O)oc3c(C)c(OCC(=O)N[C@@H](CC(C)C)C(=O)[O-])ccc23)cc1. The fourth-order valence-electron chi connectivity index (χ4n) is 3.57. The van der Waals surface area contributed by atoms with Crippen LogP contribution in [0.15, 0.2) is 51.7 Å². The molecule has 0 aliphatic rings. The quantitative estimate of drug-likeness (QED) is 0.496. The van der Waals surface area contributed by atoms with Crippen LogP contribution in [-0.2, 0) is 9.59 Å². The summed E-state index contributed by atoms with van der Waals surface area (Å²) in [6.07, 6.45) is 0.252. The summed E-state index contributed by atoms with van der Waals surface area (Å²) in [5.74, 6) is -0.809. The summed E-state index contributed by atoms with van der Waals surface area (Å²) in [5.41, 5.74) is 1.89.